The summed E-state index contributed by atoms with van der Waals surface area (Å²) < 4.78 is 0. The Labute approximate surface area is 105 Å². The van der Waals surface area contributed by atoms with Gasteiger partial charge in [0.05, 0.1) is 0 Å². The van der Waals surface area contributed by atoms with Crippen molar-refractivity contribution in [3.8, 4) is 0 Å². The zero-order chi connectivity index (χ0) is 11.7. The van der Waals surface area contributed by atoms with E-state index in [4.69, 9.17) is 4.84 Å². The maximum Gasteiger partial charge on any atom is 0.130 e. The SMILES string of the molecule is CN1CCc2sccc2C(c2ccccc2)O1. The van der Waals surface area contributed by atoms with Gasteiger partial charge in [0.1, 0.15) is 6.10 Å². The zero-order valence-electron chi connectivity index (χ0n) is 9.80. The molecule has 2 heterocycles. The van der Waals surface area contributed by atoms with Crippen LogP contribution < -0.4 is 0 Å². The van der Waals surface area contributed by atoms with E-state index in [1.165, 1.54) is 16.0 Å². The van der Waals surface area contributed by atoms with E-state index in [0.717, 1.165) is 13.0 Å². The summed E-state index contributed by atoms with van der Waals surface area (Å²) in [6, 6.07) is 12.6. The molecule has 0 bridgehead atoms. The molecule has 1 aromatic heterocycles. The predicted octanol–water partition coefficient (Wildman–Crippen LogP) is 3.26. The van der Waals surface area contributed by atoms with Crippen LogP contribution in [0.25, 0.3) is 0 Å². The quantitative estimate of drug-likeness (QED) is 0.764. The average molecular weight is 245 g/mol. The molecule has 0 fully saturated rings. The number of rotatable bonds is 1. The highest BCUT2D eigenvalue weighted by Crippen LogP contribution is 2.34. The minimum atomic E-state index is 0.0462. The lowest BCUT2D eigenvalue weighted by Crippen LogP contribution is -2.21. The maximum absolute atomic E-state index is 6.02. The summed E-state index contributed by atoms with van der Waals surface area (Å²) in [5.74, 6) is 0. The van der Waals surface area contributed by atoms with Crippen molar-refractivity contribution in [2.24, 2.45) is 0 Å². The summed E-state index contributed by atoms with van der Waals surface area (Å²) in [6.45, 7) is 0.955. The van der Waals surface area contributed by atoms with Crippen molar-refractivity contribution in [3.63, 3.8) is 0 Å². The van der Waals surface area contributed by atoms with Crippen LogP contribution in [-0.2, 0) is 11.3 Å². The molecule has 0 spiro atoms. The van der Waals surface area contributed by atoms with Gasteiger partial charge in [-0.05, 0) is 23.4 Å². The molecule has 3 rings (SSSR count). The third kappa shape index (κ3) is 2.14. The molecule has 1 aliphatic rings. The van der Waals surface area contributed by atoms with Gasteiger partial charge in [0.15, 0.2) is 0 Å². The second-order valence-corrected chi connectivity index (χ2v) is 5.30. The molecule has 0 saturated heterocycles. The lowest BCUT2D eigenvalue weighted by atomic mass is 10.0. The molecule has 88 valence electrons. The first-order chi connectivity index (χ1) is 8.34. The van der Waals surface area contributed by atoms with Crippen LogP contribution in [0.5, 0.6) is 0 Å². The Bertz CT molecular complexity index is 494. The van der Waals surface area contributed by atoms with Crippen LogP contribution >= 0.6 is 11.3 Å². The van der Waals surface area contributed by atoms with Gasteiger partial charge in [0.2, 0.25) is 0 Å². The molecule has 2 aromatic rings. The summed E-state index contributed by atoms with van der Waals surface area (Å²) in [4.78, 5) is 7.47. The molecule has 1 aliphatic heterocycles. The Morgan fingerprint density at radius 2 is 2.06 bits per heavy atom. The van der Waals surface area contributed by atoms with Crippen molar-refractivity contribution < 1.29 is 4.84 Å². The molecule has 0 amide bonds. The van der Waals surface area contributed by atoms with Gasteiger partial charge in [-0.15, -0.1) is 11.3 Å². The topological polar surface area (TPSA) is 12.5 Å². The Morgan fingerprint density at radius 3 is 2.88 bits per heavy atom. The van der Waals surface area contributed by atoms with Gasteiger partial charge in [-0.3, -0.25) is 4.84 Å². The number of hydrogen-bond donors (Lipinski definition) is 0. The van der Waals surface area contributed by atoms with Crippen LogP contribution in [0, 0.1) is 0 Å². The zero-order valence-corrected chi connectivity index (χ0v) is 10.6. The lowest BCUT2D eigenvalue weighted by molar-refractivity contribution is -0.166. The van der Waals surface area contributed by atoms with Crippen LogP contribution in [0.3, 0.4) is 0 Å². The minimum absolute atomic E-state index is 0.0462. The molecule has 17 heavy (non-hydrogen) atoms. The van der Waals surface area contributed by atoms with E-state index in [0.29, 0.717) is 0 Å². The molecule has 1 aromatic carbocycles. The monoisotopic (exact) mass is 245 g/mol. The molecule has 3 heteroatoms. The number of hydrogen-bond acceptors (Lipinski definition) is 3. The van der Waals surface area contributed by atoms with E-state index in [-0.39, 0.29) is 6.10 Å². The van der Waals surface area contributed by atoms with Gasteiger partial charge >= 0.3 is 0 Å². The summed E-state index contributed by atoms with van der Waals surface area (Å²) in [6.07, 6.45) is 1.12. The van der Waals surface area contributed by atoms with E-state index in [1.54, 1.807) is 0 Å². The first-order valence-electron chi connectivity index (χ1n) is 5.84. The second kappa shape index (κ2) is 4.61. The van der Waals surface area contributed by atoms with Crippen LogP contribution in [0.2, 0.25) is 0 Å². The molecule has 0 radical (unpaired) electrons. The normalized spacial score (nSPS) is 20.9. The summed E-state index contributed by atoms with van der Waals surface area (Å²) in [7, 11) is 2.01. The first kappa shape index (κ1) is 11.0. The van der Waals surface area contributed by atoms with Crippen molar-refractivity contribution in [1.29, 1.82) is 0 Å². The molecular formula is C14H15NOS. The highest BCUT2D eigenvalue weighted by atomic mass is 32.1. The fourth-order valence-corrected chi connectivity index (χ4v) is 3.10. The molecule has 0 aliphatic carbocycles. The highest BCUT2D eigenvalue weighted by molar-refractivity contribution is 7.10. The Hall–Kier alpha value is -1.16. The fraction of sp³-hybridized carbons (Fsp3) is 0.286. The molecule has 1 atom stereocenters. The Balaban J connectivity index is 2.03. The number of likely N-dealkylation sites (N-methyl/N-ethyl adjacent to an activating group) is 1. The maximum atomic E-state index is 6.02. The van der Waals surface area contributed by atoms with Gasteiger partial charge in [-0.25, -0.2) is 0 Å². The third-order valence-corrected chi connectivity index (χ3v) is 4.10. The van der Waals surface area contributed by atoms with Crippen LogP contribution in [0.1, 0.15) is 22.1 Å². The molecule has 2 nitrogen and oxygen atoms in total. The van der Waals surface area contributed by atoms with Crippen molar-refractivity contribution in [2.75, 3.05) is 13.6 Å². The molecular weight excluding hydrogens is 230 g/mol. The van der Waals surface area contributed by atoms with Gasteiger partial charge in [0, 0.05) is 24.0 Å². The Morgan fingerprint density at radius 1 is 1.24 bits per heavy atom. The van der Waals surface area contributed by atoms with Crippen LogP contribution in [-0.4, -0.2) is 18.7 Å². The molecule has 1 unspecified atom stereocenters. The number of hydroxylamine groups is 2. The highest BCUT2D eigenvalue weighted by Gasteiger charge is 2.24. The summed E-state index contributed by atoms with van der Waals surface area (Å²) >= 11 is 1.83. The van der Waals surface area contributed by atoms with E-state index in [9.17, 15) is 0 Å². The van der Waals surface area contributed by atoms with Gasteiger partial charge in [0.25, 0.3) is 0 Å². The minimum Gasteiger partial charge on any atom is -0.286 e. The number of nitrogens with zero attached hydrogens (tertiary/aromatic N) is 1. The fourth-order valence-electron chi connectivity index (χ4n) is 2.20. The third-order valence-electron chi connectivity index (χ3n) is 3.10. The van der Waals surface area contributed by atoms with Gasteiger partial charge in [-0.2, -0.15) is 5.06 Å². The van der Waals surface area contributed by atoms with Crippen molar-refractivity contribution in [3.05, 3.63) is 57.8 Å². The standard InChI is InChI=1S/C14H15NOS/c1-15-9-7-13-12(8-10-17-13)14(16-15)11-5-3-2-4-6-11/h2-6,8,10,14H,7,9H2,1H3. The van der Waals surface area contributed by atoms with Crippen molar-refractivity contribution >= 4 is 11.3 Å². The Kier molecular flexibility index (Phi) is 2.97. The largest absolute Gasteiger partial charge is 0.286 e. The van der Waals surface area contributed by atoms with E-state index < -0.39 is 0 Å². The smallest absolute Gasteiger partial charge is 0.130 e. The number of fused-ring (bicyclic) bond motifs is 1. The number of thiophene rings is 1. The molecule has 0 N–H and O–H groups in total. The van der Waals surface area contributed by atoms with Crippen molar-refractivity contribution in [2.45, 2.75) is 12.5 Å². The lowest BCUT2D eigenvalue weighted by Gasteiger charge is -2.21. The van der Waals surface area contributed by atoms with E-state index in [1.807, 2.05) is 29.5 Å². The van der Waals surface area contributed by atoms with E-state index >= 15 is 0 Å². The van der Waals surface area contributed by atoms with E-state index in [2.05, 4.69) is 35.7 Å². The van der Waals surface area contributed by atoms with Gasteiger partial charge in [-0.1, -0.05) is 30.3 Å². The predicted molar refractivity (Wildman–Crippen MR) is 70.0 cm³/mol. The molecule has 0 saturated carbocycles. The van der Waals surface area contributed by atoms with Gasteiger partial charge < -0.3 is 0 Å². The summed E-state index contributed by atoms with van der Waals surface area (Å²) in [5.41, 5.74) is 2.55. The average Bonchev–Trinajstić information content (AvgIpc) is 2.77. The second-order valence-electron chi connectivity index (χ2n) is 4.30. The van der Waals surface area contributed by atoms with Crippen LogP contribution in [0.4, 0.5) is 0 Å². The van der Waals surface area contributed by atoms with Crippen LogP contribution in [0.15, 0.2) is 41.8 Å². The summed E-state index contributed by atoms with van der Waals surface area (Å²) in [5, 5.41) is 4.11. The number of benzene rings is 1. The first-order valence-corrected chi connectivity index (χ1v) is 6.71. The van der Waals surface area contributed by atoms with Crippen molar-refractivity contribution in [1.82, 2.24) is 5.06 Å².